The molecule has 0 amide bonds. The maximum atomic E-state index is 10.3. The normalized spacial score (nSPS) is 17.5. The van der Waals surface area contributed by atoms with Gasteiger partial charge in [-0.1, -0.05) is 6.07 Å². The van der Waals surface area contributed by atoms with Crippen LogP contribution in [0.2, 0.25) is 0 Å². The topological polar surface area (TPSA) is 184 Å². The average molecular weight is 427 g/mol. The van der Waals surface area contributed by atoms with E-state index in [1.807, 2.05) is 18.3 Å². The number of carboxylic acids is 3. The van der Waals surface area contributed by atoms with Crippen LogP contribution in [0, 0.1) is 0 Å². The second-order valence-electron chi connectivity index (χ2n) is 7.97. The number of pyridine rings is 1. The number of hydrogen-bond acceptors (Lipinski definition) is 8. The Kier molecular flexibility index (Phi) is 8.70. The molecule has 1 aliphatic rings. The Morgan fingerprint density at radius 1 is 1.17 bits per heavy atom. The zero-order chi connectivity index (χ0) is 23.1. The van der Waals surface area contributed by atoms with Crippen molar-refractivity contribution in [3.05, 3.63) is 23.9 Å². The lowest BCUT2D eigenvalue weighted by atomic mass is 9.96. The van der Waals surface area contributed by atoms with Crippen LogP contribution in [0.15, 0.2) is 18.3 Å². The number of ether oxygens (including phenoxy) is 1. The molecule has 11 heteroatoms. The minimum Gasteiger partial charge on any atom is -0.481 e. The standard InChI is InChI=1S/C13H21N3O.C6H8O7/c1-13(2,3)16-6-7-17-11(9-16)10-4-5-12(14)15-8-10;7-3(8)1-6(13,5(11)12)2-4(9)10/h4-5,8,11H,6-7,9H2,1-3H3,(H2,14,15);13H,1-2H2,(H,7,8)(H,9,10)(H,11,12). The van der Waals surface area contributed by atoms with Crippen LogP contribution in [-0.4, -0.2) is 79.1 Å². The van der Waals surface area contributed by atoms with Crippen LogP contribution in [0.5, 0.6) is 0 Å². The lowest BCUT2D eigenvalue weighted by molar-refractivity contribution is -0.170. The number of hydrogen-bond donors (Lipinski definition) is 5. The fourth-order valence-electron chi connectivity index (χ4n) is 2.78. The number of nitrogen functional groups attached to an aromatic ring is 1. The number of carboxylic acid groups (broad SMARTS) is 3. The van der Waals surface area contributed by atoms with Crippen LogP contribution >= 0.6 is 0 Å². The number of carbonyl (C=O) groups is 3. The molecule has 0 aromatic carbocycles. The van der Waals surface area contributed by atoms with Gasteiger partial charge >= 0.3 is 17.9 Å². The van der Waals surface area contributed by atoms with Crippen molar-refractivity contribution in [3.8, 4) is 0 Å². The zero-order valence-corrected chi connectivity index (χ0v) is 17.2. The van der Waals surface area contributed by atoms with Gasteiger partial charge in [-0.3, -0.25) is 14.5 Å². The summed E-state index contributed by atoms with van der Waals surface area (Å²) in [5, 5.41) is 33.8. The molecule has 1 fully saturated rings. The Labute approximate surface area is 174 Å². The van der Waals surface area contributed by atoms with E-state index in [9.17, 15) is 14.4 Å². The first kappa shape index (κ1) is 25.3. The number of aliphatic hydroxyl groups is 1. The molecule has 168 valence electrons. The van der Waals surface area contributed by atoms with Crippen molar-refractivity contribution >= 4 is 23.7 Å². The SMILES string of the molecule is CC(C)(C)N1CCOC(c2ccc(N)nc2)C1.O=C(O)CC(O)(CC(=O)O)C(=O)O. The fraction of sp³-hybridized carbons (Fsp3) is 0.579. The van der Waals surface area contributed by atoms with Crippen molar-refractivity contribution < 1.29 is 39.5 Å². The smallest absolute Gasteiger partial charge is 0.336 e. The Morgan fingerprint density at radius 2 is 1.73 bits per heavy atom. The van der Waals surface area contributed by atoms with Gasteiger partial charge in [0.1, 0.15) is 5.82 Å². The summed E-state index contributed by atoms with van der Waals surface area (Å²) in [6.45, 7) is 9.37. The summed E-state index contributed by atoms with van der Waals surface area (Å²) in [6.07, 6.45) is -0.369. The lowest BCUT2D eigenvalue weighted by Crippen LogP contribution is -2.48. The van der Waals surface area contributed by atoms with E-state index in [2.05, 4.69) is 30.7 Å². The quantitative estimate of drug-likeness (QED) is 0.428. The van der Waals surface area contributed by atoms with Crippen molar-refractivity contribution in [3.63, 3.8) is 0 Å². The van der Waals surface area contributed by atoms with Crippen LogP contribution in [0.1, 0.15) is 45.3 Å². The highest BCUT2D eigenvalue weighted by atomic mass is 16.5. The van der Waals surface area contributed by atoms with Gasteiger partial charge in [-0.25, -0.2) is 9.78 Å². The number of rotatable bonds is 6. The van der Waals surface area contributed by atoms with Gasteiger partial charge in [0.05, 0.1) is 25.6 Å². The lowest BCUT2D eigenvalue weighted by Gasteiger charge is -2.41. The molecule has 0 spiro atoms. The Balaban J connectivity index is 0.000000314. The van der Waals surface area contributed by atoms with E-state index in [1.165, 1.54) is 0 Å². The van der Waals surface area contributed by atoms with E-state index in [0.29, 0.717) is 5.82 Å². The highest BCUT2D eigenvalue weighted by Crippen LogP contribution is 2.26. The molecular weight excluding hydrogens is 398 g/mol. The van der Waals surface area contributed by atoms with E-state index < -0.39 is 36.4 Å². The monoisotopic (exact) mass is 427 g/mol. The number of morpholine rings is 1. The van der Waals surface area contributed by atoms with Crippen LogP contribution in [0.25, 0.3) is 0 Å². The molecule has 11 nitrogen and oxygen atoms in total. The largest absolute Gasteiger partial charge is 0.481 e. The number of nitrogens with zero attached hydrogens (tertiary/aromatic N) is 2. The third kappa shape index (κ3) is 7.93. The van der Waals surface area contributed by atoms with Gasteiger partial charge in [0.2, 0.25) is 0 Å². The molecule has 1 aromatic heterocycles. The Morgan fingerprint density at radius 3 is 2.13 bits per heavy atom. The van der Waals surface area contributed by atoms with Crippen molar-refractivity contribution in [2.45, 2.75) is 50.9 Å². The summed E-state index contributed by atoms with van der Waals surface area (Å²) in [7, 11) is 0. The minimum atomic E-state index is -2.74. The fourth-order valence-corrected chi connectivity index (χ4v) is 2.78. The molecule has 2 heterocycles. The maximum Gasteiger partial charge on any atom is 0.336 e. The first-order valence-electron chi connectivity index (χ1n) is 9.22. The molecule has 0 radical (unpaired) electrons. The Hall–Kier alpha value is -2.76. The summed E-state index contributed by atoms with van der Waals surface area (Å²) in [5.41, 5.74) is 4.14. The molecule has 0 aliphatic carbocycles. The van der Waals surface area contributed by atoms with Crippen LogP contribution in [0.3, 0.4) is 0 Å². The molecule has 30 heavy (non-hydrogen) atoms. The van der Waals surface area contributed by atoms with Crippen LogP contribution in [0.4, 0.5) is 5.82 Å². The van der Waals surface area contributed by atoms with E-state index >= 15 is 0 Å². The van der Waals surface area contributed by atoms with Gasteiger partial charge in [-0.15, -0.1) is 0 Å². The number of aliphatic carboxylic acids is 3. The molecular formula is C19H29N3O8. The van der Waals surface area contributed by atoms with E-state index in [-0.39, 0.29) is 11.6 Å². The van der Waals surface area contributed by atoms with Crippen LogP contribution in [-0.2, 0) is 19.1 Å². The average Bonchev–Trinajstić information content (AvgIpc) is 2.61. The van der Waals surface area contributed by atoms with Crippen LogP contribution < -0.4 is 5.73 Å². The molecule has 0 bridgehead atoms. The number of aromatic nitrogens is 1. The van der Waals surface area contributed by atoms with Gasteiger partial charge < -0.3 is 30.9 Å². The summed E-state index contributed by atoms with van der Waals surface area (Å²) < 4.78 is 5.81. The van der Waals surface area contributed by atoms with Crippen molar-refractivity contribution in [1.82, 2.24) is 9.88 Å². The van der Waals surface area contributed by atoms with Gasteiger partial charge in [-0.2, -0.15) is 0 Å². The molecule has 1 saturated heterocycles. The summed E-state index contributed by atoms with van der Waals surface area (Å²) in [6, 6.07) is 3.83. The molecule has 1 unspecified atom stereocenters. The predicted octanol–water partition coefficient (Wildman–Crippen LogP) is 0.587. The van der Waals surface area contributed by atoms with Gasteiger partial charge in [0.15, 0.2) is 5.60 Å². The minimum absolute atomic E-state index is 0.107. The first-order valence-corrected chi connectivity index (χ1v) is 9.22. The van der Waals surface area contributed by atoms with Gasteiger partial charge in [0.25, 0.3) is 0 Å². The molecule has 1 aromatic rings. The highest BCUT2D eigenvalue weighted by Gasteiger charge is 2.40. The maximum absolute atomic E-state index is 10.3. The molecule has 0 saturated carbocycles. The second-order valence-corrected chi connectivity index (χ2v) is 7.97. The first-order chi connectivity index (χ1) is 13.7. The zero-order valence-electron chi connectivity index (χ0n) is 17.2. The van der Waals surface area contributed by atoms with Crippen molar-refractivity contribution in [2.24, 2.45) is 0 Å². The molecule has 2 rings (SSSR count). The van der Waals surface area contributed by atoms with E-state index in [0.717, 1.165) is 25.3 Å². The molecule has 1 atom stereocenters. The third-order valence-corrected chi connectivity index (χ3v) is 4.48. The number of anilines is 1. The summed E-state index contributed by atoms with van der Waals surface area (Å²) in [5.74, 6) is -4.47. The van der Waals surface area contributed by atoms with E-state index in [1.54, 1.807) is 0 Å². The second kappa shape index (κ2) is 10.3. The molecule has 1 aliphatic heterocycles. The third-order valence-electron chi connectivity index (χ3n) is 4.48. The predicted molar refractivity (Wildman–Crippen MR) is 106 cm³/mol. The van der Waals surface area contributed by atoms with Gasteiger partial charge in [-0.05, 0) is 26.8 Å². The summed E-state index contributed by atoms with van der Waals surface area (Å²) in [4.78, 5) is 37.0. The van der Waals surface area contributed by atoms with Crippen molar-refractivity contribution in [1.29, 1.82) is 0 Å². The van der Waals surface area contributed by atoms with E-state index in [4.69, 9.17) is 30.9 Å². The van der Waals surface area contributed by atoms with Gasteiger partial charge in [0, 0.05) is 30.4 Å². The van der Waals surface area contributed by atoms with Crippen molar-refractivity contribution in [2.75, 3.05) is 25.4 Å². The highest BCUT2D eigenvalue weighted by molar-refractivity contribution is 5.88. The summed E-state index contributed by atoms with van der Waals surface area (Å²) >= 11 is 0. The molecule has 6 N–H and O–H groups in total. The number of nitrogens with two attached hydrogens (primary N) is 1. The Bertz CT molecular complexity index is 729.